The number of benzene rings is 1. The van der Waals surface area contributed by atoms with Crippen LogP contribution in [-0.4, -0.2) is 22.1 Å². The summed E-state index contributed by atoms with van der Waals surface area (Å²) in [6.45, 7) is 4.12. The molecule has 1 aromatic heterocycles. The number of rotatable bonds is 0. The number of hydrogen-bond donors (Lipinski definition) is 0. The van der Waals surface area contributed by atoms with Gasteiger partial charge in [0.2, 0.25) is 0 Å². The first-order chi connectivity index (χ1) is 8.83. The Bertz CT molecular complexity index is 590. The van der Waals surface area contributed by atoms with Crippen LogP contribution in [0.25, 0.3) is 5.69 Å². The molecule has 3 heterocycles. The van der Waals surface area contributed by atoms with Gasteiger partial charge in [0.25, 0.3) is 0 Å². The highest BCUT2D eigenvalue weighted by atomic mass is 16.5. The van der Waals surface area contributed by atoms with E-state index in [1.165, 1.54) is 16.9 Å². The van der Waals surface area contributed by atoms with Crippen molar-refractivity contribution in [1.82, 2.24) is 9.47 Å². The van der Waals surface area contributed by atoms with Crippen molar-refractivity contribution in [3.05, 3.63) is 53.9 Å². The maximum absolute atomic E-state index is 6.07. The molecule has 2 atom stereocenters. The summed E-state index contributed by atoms with van der Waals surface area (Å²) in [4.78, 5) is 2.42. The quantitative estimate of drug-likeness (QED) is 0.704. The van der Waals surface area contributed by atoms with Crippen LogP contribution in [0, 0.1) is 0 Å². The Balaban J connectivity index is 1.93. The van der Waals surface area contributed by atoms with Crippen molar-refractivity contribution < 1.29 is 4.74 Å². The van der Waals surface area contributed by atoms with Crippen LogP contribution in [0.1, 0.15) is 24.4 Å². The molecule has 2 aliphatic rings. The molecule has 18 heavy (non-hydrogen) atoms. The van der Waals surface area contributed by atoms with Crippen molar-refractivity contribution in [1.29, 1.82) is 0 Å². The summed E-state index contributed by atoms with van der Waals surface area (Å²) in [6, 6.07) is 12.9. The zero-order valence-corrected chi connectivity index (χ0v) is 10.4. The van der Waals surface area contributed by atoms with Crippen molar-refractivity contribution in [3.63, 3.8) is 0 Å². The molecule has 92 valence electrons. The van der Waals surface area contributed by atoms with Gasteiger partial charge in [-0.15, -0.1) is 0 Å². The van der Waals surface area contributed by atoms with Crippen LogP contribution >= 0.6 is 0 Å². The molecule has 0 spiro atoms. The van der Waals surface area contributed by atoms with Gasteiger partial charge in [0.1, 0.15) is 0 Å². The fourth-order valence-corrected chi connectivity index (χ4v) is 3.09. The molecule has 0 radical (unpaired) electrons. The molecule has 0 aliphatic carbocycles. The van der Waals surface area contributed by atoms with Crippen LogP contribution in [0.4, 0.5) is 0 Å². The van der Waals surface area contributed by atoms with E-state index in [1.807, 2.05) is 0 Å². The zero-order valence-electron chi connectivity index (χ0n) is 10.4. The van der Waals surface area contributed by atoms with E-state index in [1.54, 1.807) is 0 Å². The molecule has 3 heteroatoms. The molecule has 1 saturated heterocycles. The summed E-state index contributed by atoms with van der Waals surface area (Å²) >= 11 is 0. The third-order valence-corrected chi connectivity index (χ3v) is 3.84. The second kappa shape index (κ2) is 3.70. The second-order valence-electron chi connectivity index (χ2n) is 5.16. The van der Waals surface area contributed by atoms with Gasteiger partial charge in [0.05, 0.1) is 11.8 Å². The highest BCUT2D eigenvalue weighted by Gasteiger charge is 2.35. The maximum Gasteiger partial charge on any atom is 0.152 e. The molecule has 4 rings (SSSR count). The minimum atomic E-state index is 0.0994. The Morgan fingerprint density at radius 1 is 1.17 bits per heavy atom. The van der Waals surface area contributed by atoms with Gasteiger partial charge in [-0.3, -0.25) is 4.90 Å². The van der Waals surface area contributed by atoms with Crippen molar-refractivity contribution >= 4 is 0 Å². The Labute approximate surface area is 107 Å². The average molecular weight is 240 g/mol. The van der Waals surface area contributed by atoms with Crippen molar-refractivity contribution in [2.24, 2.45) is 0 Å². The van der Waals surface area contributed by atoms with E-state index in [4.69, 9.17) is 4.74 Å². The van der Waals surface area contributed by atoms with E-state index < -0.39 is 0 Å². The lowest BCUT2D eigenvalue weighted by atomic mass is 10.1. The van der Waals surface area contributed by atoms with E-state index in [0.29, 0.717) is 6.10 Å². The van der Waals surface area contributed by atoms with Crippen molar-refractivity contribution in [2.75, 3.05) is 6.54 Å². The van der Waals surface area contributed by atoms with Crippen LogP contribution < -0.4 is 0 Å². The minimum absolute atomic E-state index is 0.0994. The van der Waals surface area contributed by atoms with E-state index >= 15 is 0 Å². The lowest BCUT2D eigenvalue weighted by molar-refractivity contribution is -0.000676. The van der Waals surface area contributed by atoms with E-state index in [0.717, 1.165) is 13.1 Å². The lowest BCUT2D eigenvalue weighted by Gasteiger charge is -2.19. The summed E-state index contributed by atoms with van der Waals surface area (Å²) in [6.07, 6.45) is 2.54. The van der Waals surface area contributed by atoms with Gasteiger partial charge in [0, 0.05) is 25.0 Å². The third kappa shape index (κ3) is 1.38. The standard InChI is InChI=1S/C15H16N2O/c1-11-9-16-10-12-5-2-3-6-13(12)17-8-4-7-14(17)15(16)18-11/h2-8,11,15H,9-10H2,1H3/t11-,15-/m0/s1. The lowest BCUT2D eigenvalue weighted by Crippen LogP contribution is -2.23. The van der Waals surface area contributed by atoms with Gasteiger partial charge >= 0.3 is 0 Å². The predicted octanol–water partition coefficient (Wildman–Crippen LogP) is 2.71. The Kier molecular flexibility index (Phi) is 2.13. The van der Waals surface area contributed by atoms with Crippen LogP contribution in [0.3, 0.4) is 0 Å². The van der Waals surface area contributed by atoms with E-state index in [-0.39, 0.29) is 6.23 Å². The number of ether oxygens (including phenoxy) is 1. The number of aromatic nitrogens is 1. The van der Waals surface area contributed by atoms with E-state index in [2.05, 4.69) is 59.0 Å². The zero-order chi connectivity index (χ0) is 12.1. The first-order valence-corrected chi connectivity index (χ1v) is 6.48. The first kappa shape index (κ1) is 10.4. The molecule has 2 aliphatic heterocycles. The van der Waals surface area contributed by atoms with Gasteiger partial charge in [-0.05, 0) is 30.7 Å². The fourth-order valence-electron chi connectivity index (χ4n) is 3.09. The fraction of sp³-hybridized carbons (Fsp3) is 0.333. The minimum Gasteiger partial charge on any atom is -0.353 e. The Morgan fingerprint density at radius 2 is 2.06 bits per heavy atom. The second-order valence-corrected chi connectivity index (χ2v) is 5.16. The summed E-state index contributed by atoms with van der Waals surface area (Å²) < 4.78 is 8.33. The highest BCUT2D eigenvalue weighted by Crippen LogP contribution is 2.37. The van der Waals surface area contributed by atoms with Gasteiger partial charge in [-0.2, -0.15) is 0 Å². The average Bonchev–Trinajstić information content (AvgIpc) is 2.94. The molecule has 0 N–H and O–H groups in total. The maximum atomic E-state index is 6.07. The number of hydrogen-bond acceptors (Lipinski definition) is 2. The van der Waals surface area contributed by atoms with Crippen molar-refractivity contribution in [2.45, 2.75) is 25.8 Å². The molecule has 0 bridgehead atoms. The SMILES string of the molecule is C[C@H]1CN2Cc3ccccc3-n3cccc3[C@@H]2O1. The van der Waals surface area contributed by atoms with Gasteiger partial charge in [-0.1, -0.05) is 18.2 Å². The molecule has 0 amide bonds. The third-order valence-electron chi connectivity index (χ3n) is 3.84. The van der Waals surface area contributed by atoms with Crippen LogP contribution in [0.15, 0.2) is 42.6 Å². The van der Waals surface area contributed by atoms with Gasteiger partial charge in [-0.25, -0.2) is 0 Å². The molecule has 1 aromatic carbocycles. The molecular formula is C15H16N2O. The number of fused-ring (bicyclic) bond motifs is 5. The van der Waals surface area contributed by atoms with Crippen LogP contribution in [0.2, 0.25) is 0 Å². The van der Waals surface area contributed by atoms with E-state index in [9.17, 15) is 0 Å². The van der Waals surface area contributed by atoms with Crippen LogP contribution in [0.5, 0.6) is 0 Å². The predicted molar refractivity (Wildman–Crippen MR) is 69.5 cm³/mol. The molecule has 2 aromatic rings. The number of para-hydroxylation sites is 1. The summed E-state index contributed by atoms with van der Waals surface area (Å²) in [5.74, 6) is 0. The molecule has 1 fully saturated rings. The smallest absolute Gasteiger partial charge is 0.152 e. The topological polar surface area (TPSA) is 17.4 Å². The highest BCUT2D eigenvalue weighted by molar-refractivity contribution is 5.44. The largest absolute Gasteiger partial charge is 0.353 e. The first-order valence-electron chi connectivity index (χ1n) is 6.48. The number of nitrogens with zero attached hydrogens (tertiary/aromatic N) is 2. The summed E-state index contributed by atoms with van der Waals surface area (Å²) in [5.41, 5.74) is 3.89. The molecule has 0 unspecified atom stereocenters. The Hall–Kier alpha value is -1.58. The molecule has 0 saturated carbocycles. The Morgan fingerprint density at radius 3 is 3.00 bits per heavy atom. The molecule has 3 nitrogen and oxygen atoms in total. The van der Waals surface area contributed by atoms with Crippen LogP contribution in [-0.2, 0) is 11.3 Å². The summed E-state index contributed by atoms with van der Waals surface area (Å²) in [7, 11) is 0. The van der Waals surface area contributed by atoms with Gasteiger partial charge < -0.3 is 9.30 Å². The molecular weight excluding hydrogens is 224 g/mol. The summed E-state index contributed by atoms with van der Waals surface area (Å²) in [5, 5.41) is 0. The normalized spacial score (nSPS) is 26.3. The van der Waals surface area contributed by atoms with Crippen molar-refractivity contribution in [3.8, 4) is 5.69 Å². The van der Waals surface area contributed by atoms with Gasteiger partial charge in [0.15, 0.2) is 6.23 Å². The monoisotopic (exact) mass is 240 g/mol.